The van der Waals surface area contributed by atoms with Crippen molar-refractivity contribution in [3.63, 3.8) is 0 Å². The Bertz CT molecular complexity index is 1120. The van der Waals surface area contributed by atoms with E-state index in [-0.39, 0.29) is 6.61 Å². The predicted octanol–water partition coefficient (Wildman–Crippen LogP) is 4.41. The number of halogens is 1. The van der Waals surface area contributed by atoms with Gasteiger partial charge in [0.15, 0.2) is 23.3 Å². The highest BCUT2D eigenvalue weighted by Crippen LogP contribution is 2.29. The minimum atomic E-state index is -1.12. The average Bonchev–Trinajstić information content (AvgIpc) is 2.89. The second kappa shape index (κ2) is 11.1. The van der Waals surface area contributed by atoms with E-state index in [0.717, 1.165) is 0 Å². The summed E-state index contributed by atoms with van der Waals surface area (Å²) < 4.78 is 22.7. The molecule has 3 aromatic carbocycles. The Morgan fingerprint density at radius 2 is 1.00 bits per heavy atom. The molecule has 0 aromatic heterocycles. The fourth-order valence-electron chi connectivity index (χ4n) is 3.41. The van der Waals surface area contributed by atoms with Gasteiger partial charge in [-0.1, -0.05) is 70.5 Å². The summed E-state index contributed by atoms with van der Waals surface area (Å²) in [5.41, 5.74) is 0.953. The van der Waals surface area contributed by atoms with Gasteiger partial charge in [0, 0.05) is 0 Å². The van der Waals surface area contributed by atoms with Crippen molar-refractivity contribution in [2.75, 3.05) is 6.61 Å². The molecular weight excluding hydrogens is 504 g/mol. The lowest BCUT2D eigenvalue weighted by molar-refractivity contribution is -0.165. The fraction of sp³-hybridized carbons (Fsp3) is 0.192. The normalized spacial score (nSPS) is 21.8. The van der Waals surface area contributed by atoms with E-state index in [1.54, 1.807) is 91.0 Å². The summed E-state index contributed by atoms with van der Waals surface area (Å²) in [4.78, 5) is 38.3. The molecule has 1 aliphatic rings. The summed E-state index contributed by atoms with van der Waals surface area (Å²) in [6.45, 7) is -0.0688. The summed E-state index contributed by atoms with van der Waals surface area (Å²) in [6.07, 6.45) is -3.21. The SMILES string of the molecule is O=C(O[C@@H]1[C@H](OC(=O)c2ccccc2)[C@@H](OC(=O)c2ccccc2)CO[C@H]1Br)c1ccccc1. The monoisotopic (exact) mass is 524 g/mol. The first-order chi connectivity index (χ1) is 16.5. The van der Waals surface area contributed by atoms with Crippen LogP contribution in [0, 0.1) is 0 Å². The highest BCUT2D eigenvalue weighted by atomic mass is 79.9. The van der Waals surface area contributed by atoms with Crippen molar-refractivity contribution in [2.24, 2.45) is 0 Å². The van der Waals surface area contributed by atoms with Gasteiger partial charge in [0.25, 0.3) is 0 Å². The van der Waals surface area contributed by atoms with Gasteiger partial charge in [0.2, 0.25) is 0 Å². The van der Waals surface area contributed by atoms with Crippen LogP contribution < -0.4 is 0 Å². The van der Waals surface area contributed by atoms with Crippen molar-refractivity contribution in [2.45, 2.75) is 23.3 Å². The maximum absolute atomic E-state index is 12.9. The Morgan fingerprint density at radius 3 is 1.44 bits per heavy atom. The van der Waals surface area contributed by atoms with Gasteiger partial charge < -0.3 is 18.9 Å². The molecule has 7 nitrogen and oxygen atoms in total. The molecule has 4 rings (SSSR count). The van der Waals surface area contributed by atoms with Gasteiger partial charge in [0.1, 0.15) is 0 Å². The van der Waals surface area contributed by atoms with E-state index in [2.05, 4.69) is 15.9 Å². The molecule has 0 N–H and O–H groups in total. The molecule has 1 fully saturated rings. The summed E-state index contributed by atoms with van der Waals surface area (Å²) in [7, 11) is 0. The van der Waals surface area contributed by atoms with E-state index in [9.17, 15) is 14.4 Å². The van der Waals surface area contributed by atoms with E-state index in [0.29, 0.717) is 16.7 Å². The van der Waals surface area contributed by atoms with Crippen LogP contribution in [-0.2, 0) is 18.9 Å². The van der Waals surface area contributed by atoms with Crippen LogP contribution in [0.5, 0.6) is 0 Å². The molecule has 1 saturated heterocycles. The second-order valence-electron chi connectivity index (χ2n) is 7.47. The quantitative estimate of drug-likeness (QED) is 0.268. The summed E-state index contributed by atoms with van der Waals surface area (Å²) in [6, 6.07) is 25.2. The Labute approximate surface area is 204 Å². The summed E-state index contributed by atoms with van der Waals surface area (Å²) in [5.74, 6) is -1.89. The molecule has 0 unspecified atom stereocenters. The average molecular weight is 525 g/mol. The molecule has 0 aliphatic carbocycles. The minimum Gasteiger partial charge on any atom is -0.452 e. The zero-order chi connectivity index (χ0) is 23.9. The number of ether oxygens (including phenoxy) is 4. The number of esters is 3. The third-order valence-electron chi connectivity index (χ3n) is 5.14. The first-order valence-corrected chi connectivity index (χ1v) is 11.5. The molecular formula is C26H21BrO7. The maximum Gasteiger partial charge on any atom is 0.338 e. The number of alkyl halides is 1. The lowest BCUT2D eigenvalue weighted by Gasteiger charge is -2.38. The predicted molar refractivity (Wildman–Crippen MR) is 126 cm³/mol. The number of hydrogen-bond donors (Lipinski definition) is 0. The molecule has 174 valence electrons. The molecule has 0 amide bonds. The standard InChI is InChI=1S/C26H21BrO7/c27-23-22(34-26(30)19-14-8-3-9-15-19)21(33-25(29)18-12-6-2-7-13-18)20(16-31-23)32-24(28)17-10-4-1-5-11-17/h1-15,20-23H,16H2/t20-,21+,22+,23+/m0/s1. The van der Waals surface area contributed by atoms with E-state index < -0.39 is 41.2 Å². The van der Waals surface area contributed by atoms with Gasteiger partial charge in [0.05, 0.1) is 23.3 Å². The summed E-state index contributed by atoms with van der Waals surface area (Å²) in [5, 5.41) is -0.791. The Balaban J connectivity index is 1.59. The van der Waals surface area contributed by atoms with Crippen LogP contribution >= 0.6 is 15.9 Å². The van der Waals surface area contributed by atoms with Crippen molar-refractivity contribution in [1.82, 2.24) is 0 Å². The topological polar surface area (TPSA) is 88.1 Å². The van der Waals surface area contributed by atoms with Crippen molar-refractivity contribution >= 4 is 33.8 Å². The van der Waals surface area contributed by atoms with Gasteiger partial charge in [-0.05, 0) is 36.4 Å². The van der Waals surface area contributed by atoms with Gasteiger partial charge >= 0.3 is 17.9 Å². The lowest BCUT2D eigenvalue weighted by atomic mass is 10.0. The van der Waals surface area contributed by atoms with Crippen molar-refractivity contribution in [3.8, 4) is 0 Å². The van der Waals surface area contributed by atoms with Gasteiger partial charge in [-0.3, -0.25) is 0 Å². The van der Waals surface area contributed by atoms with E-state index in [4.69, 9.17) is 18.9 Å². The third kappa shape index (κ3) is 5.70. The molecule has 4 atom stereocenters. The van der Waals surface area contributed by atoms with Crippen LogP contribution in [0.25, 0.3) is 0 Å². The third-order valence-corrected chi connectivity index (χ3v) is 5.93. The largest absolute Gasteiger partial charge is 0.452 e. The highest BCUT2D eigenvalue weighted by Gasteiger charge is 2.47. The maximum atomic E-state index is 12.9. The minimum absolute atomic E-state index is 0.0688. The van der Waals surface area contributed by atoms with Crippen LogP contribution in [0.3, 0.4) is 0 Å². The van der Waals surface area contributed by atoms with Gasteiger partial charge in [-0.25, -0.2) is 14.4 Å². The summed E-state index contributed by atoms with van der Waals surface area (Å²) >= 11 is 3.35. The van der Waals surface area contributed by atoms with Crippen LogP contribution in [0.1, 0.15) is 31.1 Å². The first-order valence-electron chi connectivity index (χ1n) is 10.6. The number of benzene rings is 3. The Hall–Kier alpha value is -3.49. The van der Waals surface area contributed by atoms with Crippen LogP contribution in [0.4, 0.5) is 0 Å². The van der Waals surface area contributed by atoms with E-state index >= 15 is 0 Å². The smallest absolute Gasteiger partial charge is 0.338 e. The fourth-order valence-corrected chi connectivity index (χ4v) is 3.97. The Kier molecular flexibility index (Phi) is 7.72. The molecule has 0 saturated carbocycles. The molecule has 0 bridgehead atoms. The molecule has 1 heterocycles. The zero-order valence-corrected chi connectivity index (χ0v) is 19.5. The van der Waals surface area contributed by atoms with E-state index in [1.165, 1.54) is 0 Å². The molecule has 0 spiro atoms. The number of hydrogen-bond acceptors (Lipinski definition) is 7. The molecule has 0 radical (unpaired) electrons. The molecule has 1 aliphatic heterocycles. The van der Waals surface area contributed by atoms with Crippen LogP contribution in [0.15, 0.2) is 91.0 Å². The van der Waals surface area contributed by atoms with Crippen molar-refractivity contribution in [1.29, 1.82) is 0 Å². The van der Waals surface area contributed by atoms with Gasteiger partial charge in [-0.2, -0.15) is 0 Å². The zero-order valence-electron chi connectivity index (χ0n) is 17.9. The van der Waals surface area contributed by atoms with Crippen molar-refractivity contribution < 1.29 is 33.3 Å². The second-order valence-corrected chi connectivity index (χ2v) is 8.37. The number of rotatable bonds is 6. The molecule has 3 aromatic rings. The molecule has 8 heteroatoms. The van der Waals surface area contributed by atoms with Crippen molar-refractivity contribution in [3.05, 3.63) is 108 Å². The number of carbonyl (C=O) groups is 3. The lowest BCUT2D eigenvalue weighted by Crippen LogP contribution is -2.56. The van der Waals surface area contributed by atoms with Crippen LogP contribution in [0.2, 0.25) is 0 Å². The van der Waals surface area contributed by atoms with Gasteiger partial charge in [-0.15, -0.1) is 0 Å². The Morgan fingerprint density at radius 1 is 0.618 bits per heavy atom. The first kappa shape index (κ1) is 23.7. The van der Waals surface area contributed by atoms with E-state index in [1.807, 2.05) is 0 Å². The number of carbonyl (C=O) groups excluding carboxylic acids is 3. The van der Waals surface area contributed by atoms with Crippen LogP contribution in [-0.4, -0.2) is 47.8 Å². The molecule has 34 heavy (non-hydrogen) atoms. The highest BCUT2D eigenvalue weighted by molar-refractivity contribution is 9.09.